The minimum absolute atomic E-state index is 0.00327. The lowest BCUT2D eigenvalue weighted by Crippen LogP contribution is -2.43. The average Bonchev–Trinajstić information content (AvgIpc) is 3.05. The van der Waals surface area contributed by atoms with E-state index in [9.17, 15) is 5.11 Å². The molecule has 2 N–H and O–H groups in total. The van der Waals surface area contributed by atoms with Gasteiger partial charge in [-0.1, -0.05) is 0 Å². The van der Waals surface area contributed by atoms with Crippen LogP contribution in [-0.2, 0) is 0 Å². The Hall–Kier alpha value is -2.41. The zero-order chi connectivity index (χ0) is 17.2. The fourth-order valence-corrected chi connectivity index (χ4v) is 4.10. The van der Waals surface area contributed by atoms with E-state index in [4.69, 9.17) is 4.74 Å². The first-order valence-corrected chi connectivity index (χ1v) is 8.69. The van der Waals surface area contributed by atoms with Crippen molar-refractivity contribution < 1.29 is 9.84 Å². The minimum atomic E-state index is -0.381. The van der Waals surface area contributed by atoms with Gasteiger partial charge in [0.15, 0.2) is 11.6 Å². The summed E-state index contributed by atoms with van der Waals surface area (Å²) < 4.78 is 5.45. The molecule has 1 saturated heterocycles. The molecule has 3 heterocycles. The SMILES string of the molecule is COc1cccnc1N1C[C@H]2C[C@@H](Nc3cnccn3)[C@H](O)C[C@H]2C1. The number of ether oxygens (including phenoxy) is 1. The van der Waals surface area contributed by atoms with Crippen molar-refractivity contribution in [2.24, 2.45) is 11.8 Å². The van der Waals surface area contributed by atoms with E-state index >= 15 is 0 Å². The highest BCUT2D eigenvalue weighted by atomic mass is 16.5. The van der Waals surface area contributed by atoms with Crippen molar-refractivity contribution in [3.63, 3.8) is 0 Å². The van der Waals surface area contributed by atoms with E-state index < -0.39 is 0 Å². The molecule has 2 fully saturated rings. The third kappa shape index (κ3) is 3.24. The molecule has 7 heteroatoms. The van der Waals surface area contributed by atoms with Crippen molar-refractivity contribution in [1.82, 2.24) is 15.0 Å². The lowest BCUT2D eigenvalue weighted by Gasteiger charge is -2.35. The third-order valence-electron chi connectivity index (χ3n) is 5.31. The first kappa shape index (κ1) is 16.1. The number of rotatable bonds is 4. The molecule has 0 bridgehead atoms. The van der Waals surface area contributed by atoms with E-state index in [0.29, 0.717) is 17.7 Å². The molecule has 2 aromatic rings. The smallest absolute Gasteiger partial charge is 0.171 e. The molecule has 0 unspecified atom stereocenters. The third-order valence-corrected chi connectivity index (χ3v) is 5.31. The fourth-order valence-electron chi connectivity index (χ4n) is 4.10. The Bertz CT molecular complexity index is 714. The van der Waals surface area contributed by atoms with Crippen LogP contribution < -0.4 is 15.0 Å². The summed E-state index contributed by atoms with van der Waals surface area (Å²) in [5.41, 5.74) is 0. The molecule has 1 aliphatic carbocycles. The van der Waals surface area contributed by atoms with Gasteiger partial charge in [0.1, 0.15) is 5.82 Å². The summed E-state index contributed by atoms with van der Waals surface area (Å²) in [5, 5.41) is 13.9. The first-order valence-electron chi connectivity index (χ1n) is 8.69. The molecule has 132 valence electrons. The summed E-state index contributed by atoms with van der Waals surface area (Å²) in [6, 6.07) is 3.83. The van der Waals surface area contributed by atoms with E-state index in [2.05, 4.69) is 25.2 Å². The Morgan fingerprint density at radius 2 is 2.00 bits per heavy atom. The van der Waals surface area contributed by atoms with Crippen LogP contribution in [0.1, 0.15) is 12.8 Å². The predicted molar refractivity (Wildman–Crippen MR) is 94.7 cm³/mol. The summed E-state index contributed by atoms with van der Waals surface area (Å²) >= 11 is 0. The monoisotopic (exact) mass is 341 g/mol. The molecule has 0 aromatic carbocycles. The number of methoxy groups -OCH3 is 1. The number of hydrogen-bond acceptors (Lipinski definition) is 7. The topological polar surface area (TPSA) is 83.4 Å². The van der Waals surface area contributed by atoms with Gasteiger partial charge in [-0.2, -0.15) is 0 Å². The van der Waals surface area contributed by atoms with E-state index in [1.54, 1.807) is 31.9 Å². The highest BCUT2D eigenvalue weighted by molar-refractivity contribution is 5.53. The Labute approximate surface area is 147 Å². The molecule has 1 saturated carbocycles. The molecule has 2 aromatic heterocycles. The van der Waals surface area contributed by atoms with Gasteiger partial charge in [0.2, 0.25) is 0 Å². The van der Waals surface area contributed by atoms with Crippen LogP contribution in [0.15, 0.2) is 36.9 Å². The fraction of sp³-hybridized carbons (Fsp3) is 0.500. The highest BCUT2D eigenvalue weighted by Gasteiger charge is 2.42. The Morgan fingerprint density at radius 1 is 1.16 bits per heavy atom. The molecular weight excluding hydrogens is 318 g/mol. The standard InChI is InChI=1S/C18H23N5O2/c1-25-16-3-2-4-21-18(16)23-10-12-7-14(15(24)8-13(12)11-23)22-17-9-19-5-6-20-17/h2-6,9,12-15,24H,7-8,10-11H2,1H3,(H,20,22)/t12-,13+,14-,15-/m1/s1. The minimum Gasteiger partial charge on any atom is -0.493 e. The van der Waals surface area contributed by atoms with Gasteiger partial charge in [0.25, 0.3) is 0 Å². The van der Waals surface area contributed by atoms with Crippen molar-refractivity contribution in [2.45, 2.75) is 25.0 Å². The summed E-state index contributed by atoms with van der Waals surface area (Å²) in [5.74, 6) is 3.40. The van der Waals surface area contributed by atoms with Gasteiger partial charge in [-0.05, 0) is 36.8 Å². The summed E-state index contributed by atoms with van der Waals surface area (Å²) in [6.07, 6.45) is 8.11. The summed E-state index contributed by atoms with van der Waals surface area (Å²) in [7, 11) is 1.67. The summed E-state index contributed by atoms with van der Waals surface area (Å²) in [4.78, 5) is 15.1. The van der Waals surface area contributed by atoms with Gasteiger partial charge in [-0.25, -0.2) is 9.97 Å². The quantitative estimate of drug-likeness (QED) is 0.873. The highest BCUT2D eigenvalue weighted by Crippen LogP contribution is 2.40. The second-order valence-corrected chi connectivity index (χ2v) is 6.83. The van der Waals surface area contributed by atoms with Crippen LogP contribution in [0, 0.1) is 11.8 Å². The molecule has 2 aliphatic rings. The van der Waals surface area contributed by atoms with Crippen LogP contribution >= 0.6 is 0 Å². The number of nitrogens with one attached hydrogen (secondary N) is 1. The molecule has 4 atom stereocenters. The molecule has 25 heavy (non-hydrogen) atoms. The molecule has 0 amide bonds. The number of fused-ring (bicyclic) bond motifs is 1. The second-order valence-electron chi connectivity index (χ2n) is 6.83. The van der Waals surface area contributed by atoms with Crippen LogP contribution in [0.3, 0.4) is 0 Å². The van der Waals surface area contributed by atoms with E-state index in [1.165, 1.54) is 0 Å². The first-order chi connectivity index (χ1) is 12.2. The van der Waals surface area contributed by atoms with Crippen LogP contribution in [0.2, 0.25) is 0 Å². The van der Waals surface area contributed by atoms with Crippen molar-refractivity contribution >= 4 is 11.6 Å². The number of pyridine rings is 1. The number of aliphatic hydroxyl groups is 1. The molecule has 0 radical (unpaired) electrons. The van der Waals surface area contributed by atoms with Crippen molar-refractivity contribution in [2.75, 3.05) is 30.4 Å². The lowest BCUT2D eigenvalue weighted by molar-refractivity contribution is 0.0737. The molecular formula is C18H23N5O2. The van der Waals surface area contributed by atoms with Crippen LogP contribution in [0.5, 0.6) is 5.75 Å². The molecule has 7 nitrogen and oxygen atoms in total. The largest absolute Gasteiger partial charge is 0.493 e. The molecule has 0 spiro atoms. The number of aliphatic hydroxyl groups excluding tert-OH is 1. The van der Waals surface area contributed by atoms with Gasteiger partial charge in [0.05, 0.1) is 25.5 Å². The van der Waals surface area contributed by atoms with Gasteiger partial charge in [0, 0.05) is 31.7 Å². The van der Waals surface area contributed by atoms with Crippen molar-refractivity contribution in [3.8, 4) is 5.75 Å². The Morgan fingerprint density at radius 3 is 2.76 bits per heavy atom. The number of anilines is 2. The molecule has 1 aliphatic heterocycles. The number of aromatic nitrogens is 3. The number of hydrogen-bond donors (Lipinski definition) is 2. The van der Waals surface area contributed by atoms with Gasteiger partial charge < -0.3 is 20.1 Å². The average molecular weight is 341 g/mol. The Balaban J connectivity index is 1.46. The van der Waals surface area contributed by atoms with Crippen molar-refractivity contribution in [3.05, 3.63) is 36.9 Å². The second kappa shape index (κ2) is 6.84. The predicted octanol–water partition coefficient (Wildman–Crippen LogP) is 1.57. The van der Waals surface area contributed by atoms with Gasteiger partial charge in [-0.3, -0.25) is 4.98 Å². The van der Waals surface area contributed by atoms with E-state index in [0.717, 1.165) is 37.5 Å². The van der Waals surface area contributed by atoms with Crippen LogP contribution in [-0.4, -0.2) is 52.4 Å². The maximum Gasteiger partial charge on any atom is 0.171 e. The summed E-state index contributed by atoms with van der Waals surface area (Å²) in [6.45, 7) is 1.84. The zero-order valence-electron chi connectivity index (χ0n) is 14.2. The van der Waals surface area contributed by atoms with Gasteiger partial charge in [-0.15, -0.1) is 0 Å². The Kier molecular flexibility index (Phi) is 4.40. The van der Waals surface area contributed by atoms with Crippen molar-refractivity contribution in [1.29, 1.82) is 0 Å². The molecule has 4 rings (SSSR count). The zero-order valence-corrected chi connectivity index (χ0v) is 14.2. The number of nitrogens with zero attached hydrogens (tertiary/aromatic N) is 4. The van der Waals surface area contributed by atoms with Crippen LogP contribution in [0.4, 0.5) is 11.6 Å². The van der Waals surface area contributed by atoms with E-state index in [1.807, 2.05) is 12.1 Å². The lowest BCUT2D eigenvalue weighted by atomic mass is 9.77. The van der Waals surface area contributed by atoms with Gasteiger partial charge >= 0.3 is 0 Å². The van der Waals surface area contributed by atoms with E-state index in [-0.39, 0.29) is 12.1 Å². The maximum absolute atomic E-state index is 10.6. The maximum atomic E-state index is 10.6. The van der Waals surface area contributed by atoms with Crippen LogP contribution in [0.25, 0.3) is 0 Å². The normalized spacial score (nSPS) is 28.5.